The van der Waals surface area contributed by atoms with Crippen LogP contribution in [0, 0.1) is 19.8 Å². The van der Waals surface area contributed by atoms with Gasteiger partial charge in [-0.25, -0.2) is 0 Å². The van der Waals surface area contributed by atoms with Gasteiger partial charge in [-0.3, -0.25) is 0 Å². The topological polar surface area (TPSA) is 110 Å². The first-order chi connectivity index (χ1) is 14.0. The Kier molecular flexibility index (Phi) is 11.6. The number of hydrogen-bond acceptors (Lipinski definition) is 6. The van der Waals surface area contributed by atoms with Crippen LogP contribution in [0.3, 0.4) is 0 Å². The van der Waals surface area contributed by atoms with Crippen LogP contribution in [-0.2, 0) is 4.52 Å². The van der Waals surface area contributed by atoms with E-state index in [1.807, 2.05) is 26.0 Å². The molecule has 0 saturated heterocycles. The van der Waals surface area contributed by atoms with Crippen LogP contribution in [0.5, 0.6) is 0 Å². The van der Waals surface area contributed by atoms with Gasteiger partial charge >= 0.3 is 15.9 Å². The molecule has 1 unspecified atom stereocenters. The van der Waals surface area contributed by atoms with Gasteiger partial charge in [-0.15, -0.1) is 0 Å². The molecule has 1 atom stereocenters. The average Bonchev–Trinajstić information content (AvgIpc) is 2.68. The van der Waals surface area contributed by atoms with Crippen molar-refractivity contribution < 1.29 is 29.0 Å². The number of aryl methyl sites for hydroxylation is 2. The summed E-state index contributed by atoms with van der Waals surface area (Å²) in [6.45, 7) is 8.55. The Labute approximate surface area is 181 Å². The summed E-state index contributed by atoms with van der Waals surface area (Å²) in [6, 6.07) is 13.6. The van der Waals surface area contributed by atoms with Gasteiger partial charge in [0.05, 0.1) is 0 Å². The van der Waals surface area contributed by atoms with Crippen molar-refractivity contribution in [2.24, 2.45) is 5.92 Å². The van der Waals surface area contributed by atoms with E-state index in [-0.39, 0.29) is 5.30 Å². The lowest BCUT2D eigenvalue weighted by Gasteiger charge is -2.16. The predicted octanol–water partition coefficient (Wildman–Crippen LogP) is 3.96. The molecule has 0 aliphatic carbocycles. The molecule has 0 aliphatic heterocycles. The maximum Gasteiger partial charge on any atom is 0.443 e. The van der Waals surface area contributed by atoms with Crippen LogP contribution in [0.2, 0.25) is 0 Å². The molecule has 2 aromatic rings. The Morgan fingerprint density at radius 1 is 0.767 bits per heavy atom. The van der Waals surface area contributed by atoms with E-state index in [1.54, 1.807) is 24.3 Å². The Hall–Kier alpha value is -0.940. The summed E-state index contributed by atoms with van der Waals surface area (Å²) in [5, 5.41) is 0.673. The van der Waals surface area contributed by atoms with E-state index in [2.05, 4.69) is 13.8 Å². The monoisotopic (exact) mass is 458 g/mol. The van der Waals surface area contributed by atoms with Gasteiger partial charge in [0.15, 0.2) is 10.6 Å². The van der Waals surface area contributed by atoms with Crippen molar-refractivity contribution in [2.45, 2.75) is 53.4 Å². The molecule has 0 fully saturated rings. The summed E-state index contributed by atoms with van der Waals surface area (Å²) >= 11 is 0. The minimum absolute atomic E-state index is 0.183. The van der Waals surface area contributed by atoms with Gasteiger partial charge in [0.25, 0.3) is 0 Å². The summed E-state index contributed by atoms with van der Waals surface area (Å²) < 4.78 is 5.43. The van der Waals surface area contributed by atoms with Gasteiger partial charge in [-0.05, 0) is 50.5 Å². The molecule has 8 heteroatoms. The van der Waals surface area contributed by atoms with E-state index in [0.717, 1.165) is 36.8 Å². The first-order valence-corrected chi connectivity index (χ1v) is 13.5. The van der Waals surface area contributed by atoms with Gasteiger partial charge in [-0.2, -0.15) is 29.0 Å². The van der Waals surface area contributed by atoms with Crippen LogP contribution in [0.25, 0.3) is 0 Å². The minimum atomic E-state index is -3.79. The van der Waals surface area contributed by atoms with E-state index in [0.29, 0.717) is 17.8 Å². The number of benzene rings is 2. The zero-order valence-corrected chi connectivity index (χ0v) is 20.1. The Morgan fingerprint density at radius 3 is 1.63 bits per heavy atom. The van der Waals surface area contributed by atoms with Crippen molar-refractivity contribution in [3.63, 3.8) is 0 Å². The highest BCUT2D eigenvalue weighted by atomic mass is 31.2. The lowest BCUT2D eigenvalue weighted by molar-refractivity contribution is 0.190. The van der Waals surface area contributed by atoms with E-state index < -0.39 is 15.9 Å². The van der Waals surface area contributed by atoms with Gasteiger partial charge in [0, 0.05) is 0 Å². The molecule has 0 aliphatic rings. The van der Waals surface area contributed by atoms with E-state index in [4.69, 9.17) is 19.2 Å². The maximum atomic E-state index is 10.1. The van der Waals surface area contributed by atoms with E-state index >= 15 is 0 Å². The second kappa shape index (κ2) is 12.8. The SMILES string of the molecule is CCCCC(CC)CO[P+](O)(O)c1ccc(C)cc1.Cc1ccc([P+](O)(O)O)cc1. The number of unbranched alkanes of at least 4 members (excludes halogenated alkanes) is 1. The molecule has 0 heterocycles. The lowest BCUT2D eigenvalue weighted by Crippen LogP contribution is -2.17. The smallest absolute Gasteiger partial charge is 0.189 e. The van der Waals surface area contributed by atoms with Crippen LogP contribution >= 0.6 is 15.9 Å². The third kappa shape index (κ3) is 9.91. The number of hydrogen-bond donors (Lipinski definition) is 5. The quantitative estimate of drug-likeness (QED) is 0.364. The molecule has 0 amide bonds. The van der Waals surface area contributed by atoms with Gasteiger partial charge in [0.1, 0.15) is 6.61 Å². The summed E-state index contributed by atoms with van der Waals surface area (Å²) in [5.41, 5.74) is 2.11. The molecular weight excluding hydrogens is 422 g/mol. The van der Waals surface area contributed by atoms with Gasteiger partial charge in [-0.1, -0.05) is 68.5 Å². The molecule has 30 heavy (non-hydrogen) atoms. The largest absolute Gasteiger partial charge is 0.443 e. The lowest BCUT2D eigenvalue weighted by atomic mass is 10.0. The standard InChI is InChI=1S/C15H26O3P.C7H10O3P/c1-4-6-7-14(5-2)12-18-19(16,17)15-10-8-13(3)9-11-15;1-6-2-4-7(5-3-6)11(8,9)10/h8-11,14,16-17H,4-7,12H2,1-3H3;2-5,8-10H,1H3/q2*+1. The summed E-state index contributed by atoms with van der Waals surface area (Å²) in [4.78, 5) is 46.6. The Bertz CT molecular complexity index is 727. The van der Waals surface area contributed by atoms with Gasteiger partial charge < -0.3 is 0 Å². The van der Waals surface area contributed by atoms with Crippen molar-refractivity contribution in [1.29, 1.82) is 0 Å². The number of rotatable bonds is 9. The molecule has 2 aromatic carbocycles. The molecule has 0 saturated carbocycles. The normalized spacial score (nSPS) is 12.8. The third-order valence-electron chi connectivity index (χ3n) is 4.78. The summed E-state index contributed by atoms with van der Waals surface area (Å²) in [5.74, 6) is 0.407. The predicted molar refractivity (Wildman–Crippen MR) is 126 cm³/mol. The van der Waals surface area contributed by atoms with Crippen LogP contribution in [0.15, 0.2) is 48.5 Å². The molecular formula is C22H36O6P2+2. The zero-order chi connectivity index (χ0) is 22.8. The highest BCUT2D eigenvalue weighted by molar-refractivity contribution is 7.67. The average molecular weight is 458 g/mol. The third-order valence-corrected chi connectivity index (χ3v) is 7.26. The molecule has 0 spiro atoms. The summed E-state index contributed by atoms with van der Waals surface area (Å²) in [6.07, 6.45) is 4.41. The van der Waals surface area contributed by atoms with Crippen molar-refractivity contribution in [2.75, 3.05) is 6.61 Å². The second-order valence-electron chi connectivity index (χ2n) is 7.50. The Morgan fingerprint density at radius 2 is 1.23 bits per heavy atom. The fraction of sp³-hybridized carbons (Fsp3) is 0.455. The molecule has 0 radical (unpaired) electrons. The fourth-order valence-electron chi connectivity index (χ4n) is 2.67. The van der Waals surface area contributed by atoms with Crippen molar-refractivity contribution >= 4 is 26.5 Å². The van der Waals surface area contributed by atoms with E-state index in [1.165, 1.54) is 12.1 Å². The van der Waals surface area contributed by atoms with Crippen molar-refractivity contribution in [3.05, 3.63) is 59.7 Å². The molecule has 168 valence electrons. The highest BCUT2D eigenvalue weighted by Crippen LogP contribution is 2.50. The highest BCUT2D eigenvalue weighted by Gasteiger charge is 2.39. The fourth-order valence-corrected chi connectivity index (χ4v) is 4.32. The first kappa shape index (κ1) is 27.1. The maximum absolute atomic E-state index is 10.1. The van der Waals surface area contributed by atoms with Gasteiger partial charge in [0.2, 0.25) is 0 Å². The molecule has 6 nitrogen and oxygen atoms in total. The van der Waals surface area contributed by atoms with Crippen molar-refractivity contribution in [3.8, 4) is 0 Å². The van der Waals surface area contributed by atoms with Crippen molar-refractivity contribution in [1.82, 2.24) is 0 Å². The Balaban J connectivity index is 0.000000346. The second-order valence-corrected chi connectivity index (χ2v) is 11.0. The van der Waals surface area contributed by atoms with E-state index in [9.17, 15) is 9.79 Å². The molecule has 0 aromatic heterocycles. The summed E-state index contributed by atoms with van der Waals surface area (Å²) in [7, 11) is -7.20. The molecule has 0 bridgehead atoms. The van der Waals surface area contributed by atoms with Crippen LogP contribution < -0.4 is 10.6 Å². The zero-order valence-electron chi connectivity index (χ0n) is 18.3. The van der Waals surface area contributed by atoms with Crippen LogP contribution in [-0.4, -0.2) is 31.1 Å². The first-order valence-electron chi connectivity index (χ1n) is 10.2. The molecule has 5 N–H and O–H groups in total. The van der Waals surface area contributed by atoms with Crippen LogP contribution in [0.4, 0.5) is 0 Å². The van der Waals surface area contributed by atoms with Crippen LogP contribution in [0.1, 0.15) is 50.7 Å². The minimum Gasteiger partial charge on any atom is -0.189 e. The molecule has 2 rings (SSSR count).